The number of hydrogen-bond acceptors (Lipinski definition) is 4. The SMILES string of the molecule is Cc1cc(Cl)ccc1NC(=O)N[C@H]1CC[C@@H](Nc2cc(N(C)C)c3ccccc3n2)CC1. The van der Waals surface area contributed by atoms with Gasteiger partial charge in [-0.25, -0.2) is 9.78 Å². The molecule has 4 rings (SSSR count). The Bertz CT molecular complexity index is 1110. The van der Waals surface area contributed by atoms with Crippen LogP contribution in [0.4, 0.5) is 22.0 Å². The maximum Gasteiger partial charge on any atom is 0.319 e. The highest BCUT2D eigenvalue weighted by atomic mass is 35.5. The molecule has 168 valence electrons. The second kappa shape index (κ2) is 9.65. The second-order valence-electron chi connectivity index (χ2n) is 8.69. The van der Waals surface area contributed by atoms with Crippen molar-refractivity contribution in [3.63, 3.8) is 0 Å². The lowest BCUT2D eigenvalue weighted by Gasteiger charge is -2.30. The number of nitrogens with one attached hydrogen (secondary N) is 3. The van der Waals surface area contributed by atoms with Crippen molar-refractivity contribution < 1.29 is 4.79 Å². The lowest BCUT2D eigenvalue weighted by molar-refractivity contribution is 0.243. The highest BCUT2D eigenvalue weighted by Gasteiger charge is 2.23. The number of rotatable bonds is 5. The van der Waals surface area contributed by atoms with E-state index in [0.717, 1.165) is 59.3 Å². The van der Waals surface area contributed by atoms with E-state index in [1.54, 1.807) is 6.07 Å². The monoisotopic (exact) mass is 451 g/mol. The van der Waals surface area contributed by atoms with E-state index in [4.69, 9.17) is 16.6 Å². The smallest absolute Gasteiger partial charge is 0.319 e. The van der Waals surface area contributed by atoms with Crippen LogP contribution in [0.1, 0.15) is 31.2 Å². The van der Waals surface area contributed by atoms with Gasteiger partial charge in [-0.3, -0.25) is 0 Å². The van der Waals surface area contributed by atoms with Gasteiger partial charge in [-0.1, -0.05) is 29.8 Å². The third-order valence-corrected chi connectivity index (χ3v) is 6.26. The summed E-state index contributed by atoms with van der Waals surface area (Å²) < 4.78 is 0. The van der Waals surface area contributed by atoms with Crippen molar-refractivity contribution in [1.82, 2.24) is 10.3 Å². The quantitative estimate of drug-likeness (QED) is 0.458. The number of para-hydroxylation sites is 1. The molecule has 32 heavy (non-hydrogen) atoms. The maximum absolute atomic E-state index is 12.4. The summed E-state index contributed by atoms with van der Waals surface area (Å²) in [6, 6.07) is 16.1. The van der Waals surface area contributed by atoms with E-state index in [1.165, 1.54) is 0 Å². The normalized spacial score (nSPS) is 18.2. The van der Waals surface area contributed by atoms with Gasteiger partial charge >= 0.3 is 6.03 Å². The van der Waals surface area contributed by atoms with Gasteiger partial charge < -0.3 is 20.9 Å². The molecule has 1 heterocycles. The van der Waals surface area contributed by atoms with Crippen LogP contribution in [-0.2, 0) is 0 Å². The van der Waals surface area contributed by atoms with Gasteiger partial charge in [0.2, 0.25) is 0 Å². The first-order valence-corrected chi connectivity index (χ1v) is 11.4. The molecule has 7 heteroatoms. The highest BCUT2D eigenvalue weighted by molar-refractivity contribution is 6.30. The number of anilines is 3. The van der Waals surface area contributed by atoms with E-state index in [9.17, 15) is 4.79 Å². The van der Waals surface area contributed by atoms with Gasteiger partial charge in [0.05, 0.1) is 5.52 Å². The standard InChI is InChI=1S/C25H30ClN5O/c1-16-14-17(26)8-13-21(16)30-25(32)28-19-11-9-18(10-12-19)27-24-15-23(31(2)3)20-6-4-5-7-22(20)29-24/h4-8,13-15,18-19H,9-12H2,1-3H3,(H,27,29)(H2,28,30,32)/t18-,19+. The summed E-state index contributed by atoms with van der Waals surface area (Å²) >= 11 is 5.99. The van der Waals surface area contributed by atoms with Gasteiger partial charge in [0.1, 0.15) is 5.82 Å². The van der Waals surface area contributed by atoms with Crippen molar-refractivity contribution in [3.8, 4) is 0 Å². The van der Waals surface area contributed by atoms with Crippen LogP contribution >= 0.6 is 11.6 Å². The third kappa shape index (κ3) is 5.25. The highest BCUT2D eigenvalue weighted by Crippen LogP contribution is 2.29. The fourth-order valence-electron chi connectivity index (χ4n) is 4.30. The topological polar surface area (TPSA) is 69.3 Å². The van der Waals surface area contributed by atoms with Crippen LogP contribution in [0.5, 0.6) is 0 Å². The molecule has 0 saturated heterocycles. The number of amides is 2. The molecule has 2 aromatic carbocycles. The summed E-state index contributed by atoms with van der Waals surface area (Å²) in [4.78, 5) is 19.4. The zero-order valence-corrected chi connectivity index (χ0v) is 19.5. The number of nitrogens with zero attached hydrogens (tertiary/aromatic N) is 2. The number of pyridine rings is 1. The van der Waals surface area contributed by atoms with Gasteiger partial charge in [0.15, 0.2) is 0 Å². The summed E-state index contributed by atoms with van der Waals surface area (Å²) in [7, 11) is 4.11. The Kier molecular flexibility index (Phi) is 6.70. The number of aromatic nitrogens is 1. The average Bonchev–Trinajstić information content (AvgIpc) is 2.76. The number of aryl methyl sites for hydroxylation is 1. The number of urea groups is 1. The molecule has 0 radical (unpaired) electrons. The second-order valence-corrected chi connectivity index (χ2v) is 9.13. The number of halogens is 1. The Labute approximate surface area is 194 Å². The largest absolute Gasteiger partial charge is 0.377 e. The van der Waals surface area contributed by atoms with E-state index in [2.05, 4.69) is 53.1 Å². The van der Waals surface area contributed by atoms with Gasteiger partial charge in [-0.2, -0.15) is 0 Å². The van der Waals surface area contributed by atoms with Gasteiger partial charge in [-0.15, -0.1) is 0 Å². The van der Waals surface area contributed by atoms with Gasteiger partial charge in [0.25, 0.3) is 0 Å². The zero-order chi connectivity index (χ0) is 22.7. The Morgan fingerprint density at radius 1 is 1.03 bits per heavy atom. The van der Waals surface area contributed by atoms with E-state index in [-0.39, 0.29) is 12.1 Å². The molecule has 1 saturated carbocycles. The Balaban J connectivity index is 1.32. The molecule has 1 fully saturated rings. The molecule has 0 aliphatic heterocycles. The van der Waals surface area contributed by atoms with Crippen molar-refractivity contribution in [3.05, 3.63) is 59.1 Å². The van der Waals surface area contributed by atoms with Gasteiger partial charge in [-0.05, 0) is 62.4 Å². The van der Waals surface area contributed by atoms with Crippen molar-refractivity contribution in [2.45, 2.75) is 44.7 Å². The van der Waals surface area contributed by atoms with Crippen molar-refractivity contribution in [2.75, 3.05) is 29.6 Å². The van der Waals surface area contributed by atoms with Crippen molar-refractivity contribution in [1.29, 1.82) is 0 Å². The predicted molar refractivity (Wildman–Crippen MR) is 134 cm³/mol. The van der Waals surface area contributed by atoms with Crippen LogP contribution in [0.3, 0.4) is 0 Å². The fraction of sp³-hybridized carbons (Fsp3) is 0.360. The summed E-state index contributed by atoms with van der Waals surface area (Å²) in [6.07, 6.45) is 3.82. The first-order chi connectivity index (χ1) is 15.4. The van der Waals surface area contributed by atoms with Gasteiger partial charge in [0, 0.05) is 54.0 Å². The first-order valence-electron chi connectivity index (χ1n) is 11.1. The lowest BCUT2D eigenvalue weighted by atomic mass is 9.91. The summed E-state index contributed by atoms with van der Waals surface area (Å²) in [6.45, 7) is 1.93. The van der Waals surface area contributed by atoms with Crippen LogP contribution in [0, 0.1) is 6.92 Å². The van der Waals surface area contributed by atoms with E-state index < -0.39 is 0 Å². The molecule has 0 spiro atoms. The molecular weight excluding hydrogens is 422 g/mol. The number of fused-ring (bicyclic) bond motifs is 1. The number of benzene rings is 2. The molecule has 1 aliphatic carbocycles. The molecule has 6 nitrogen and oxygen atoms in total. The molecular formula is C25H30ClN5O. The van der Waals surface area contributed by atoms with Crippen molar-refractivity contribution >= 4 is 45.7 Å². The Morgan fingerprint density at radius 3 is 2.47 bits per heavy atom. The van der Waals surface area contributed by atoms with Crippen LogP contribution in [-0.4, -0.2) is 37.2 Å². The number of carbonyl (C=O) groups is 1. The Morgan fingerprint density at radius 2 is 1.75 bits per heavy atom. The van der Waals surface area contributed by atoms with Crippen LogP contribution < -0.4 is 20.9 Å². The van der Waals surface area contributed by atoms with E-state index in [1.807, 2.05) is 31.2 Å². The van der Waals surface area contributed by atoms with E-state index in [0.29, 0.717) is 11.1 Å². The average molecular weight is 452 g/mol. The molecule has 2 amide bonds. The molecule has 0 bridgehead atoms. The lowest BCUT2D eigenvalue weighted by Crippen LogP contribution is -2.42. The van der Waals surface area contributed by atoms with Crippen LogP contribution in [0.2, 0.25) is 5.02 Å². The van der Waals surface area contributed by atoms with Crippen molar-refractivity contribution in [2.24, 2.45) is 0 Å². The molecule has 0 atom stereocenters. The molecule has 1 aliphatic rings. The minimum Gasteiger partial charge on any atom is -0.377 e. The van der Waals surface area contributed by atoms with Crippen LogP contribution in [0.25, 0.3) is 10.9 Å². The minimum atomic E-state index is -0.168. The van der Waals surface area contributed by atoms with Crippen LogP contribution in [0.15, 0.2) is 48.5 Å². The Hall–Kier alpha value is -2.99. The van der Waals surface area contributed by atoms with E-state index >= 15 is 0 Å². The minimum absolute atomic E-state index is 0.168. The fourth-order valence-corrected chi connectivity index (χ4v) is 4.53. The summed E-state index contributed by atoms with van der Waals surface area (Å²) in [5.41, 5.74) is 3.87. The molecule has 3 aromatic rings. The number of carbonyl (C=O) groups excluding carboxylic acids is 1. The first kappa shape index (κ1) is 22.2. The molecule has 0 unspecified atom stereocenters. The third-order valence-electron chi connectivity index (χ3n) is 6.03. The maximum atomic E-state index is 12.4. The summed E-state index contributed by atoms with van der Waals surface area (Å²) in [5.74, 6) is 0.903. The molecule has 3 N–H and O–H groups in total. The zero-order valence-electron chi connectivity index (χ0n) is 18.8. The molecule has 1 aromatic heterocycles. The summed E-state index contributed by atoms with van der Waals surface area (Å²) in [5, 5.41) is 11.5. The number of hydrogen-bond donors (Lipinski definition) is 3. The predicted octanol–water partition coefficient (Wildman–Crippen LogP) is 5.81.